The van der Waals surface area contributed by atoms with Crippen LogP contribution in [0, 0.1) is 11.7 Å². The number of nitrogens with zero attached hydrogens (tertiary/aromatic N) is 1. The van der Waals surface area contributed by atoms with E-state index in [9.17, 15) is 9.18 Å². The predicted octanol–water partition coefficient (Wildman–Crippen LogP) is 5.60. The third kappa shape index (κ3) is 6.32. The van der Waals surface area contributed by atoms with Crippen LogP contribution in [0.5, 0.6) is 17.4 Å². The van der Waals surface area contributed by atoms with E-state index in [1.165, 1.54) is 25.6 Å². The first kappa shape index (κ1) is 24.3. The fourth-order valence-electron chi connectivity index (χ4n) is 3.16. The highest BCUT2D eigenvalue weighted by atomic mass is 19.1. The summed E-state index contributed by atoms with van der Waals surface area (Å²) in [6.45, 7) is 6.50. The van der Waals surface area contributed by atoms with Crippen molar-refractivity contribution in [2.24, 2.45) is 5.92 Å². The number of halogens is 1. The Morgan fingerprint density at radius 2 is 1.85 bits per heavy atom. The molecule has 1 atom stereocenters. The van der Waals surface area contributed by atoms with Crippen molar-refractivity contribution in [3.63, 3.8) is 0 Å². The van der Waals surface area contributed by atoms with Gasteiger partial charge in [-0.1, -0.05) is 32.9 Å². The summed E-state index contributed by atoms with van der Waals surface area (Å²) < 4.78 is 40.8. The van der Waals surface area contributed by atoms with Crippen molar-refractivity contribution in [1.29, 1.82) is 0 Å². The van der Waals surface area contributed by atoms with Gasteiger partial charge in [-0.25, -0.2) is 4.39 Å². The first-order chi connectivity index (χ1) is 15.9. The molecule has 0 aliphatic heterocycles. The third-order valence-electron chi connectivity index (χ3n) is 4.81. The molecule has 0 bridgehead atoms. The standard InChI is InChI=1S/C25H28FNO6/c1-5-20(17-6-9-19(26)10-7-17)25(28)33-24-23(31-14-27-24)18-8-11-21(32-15-29-4)22(12-18)30-13-16(2)3/h6-12,14,16,20H,5,13,15H2,1-4H3. The summed E-state index contributed by atoms with van der Waals surface area (Å²) >= 11 is 0. The summed E-state index contributed by atoms with van der Waals surface area (Å²) in [5.74, 6) is 0.218. The minimum atomic E-state index is -0.565. The summed E-state index contributed by atoms with van der Waals surface area (Å²) in [7, 11) is 1.54. The Morgan fingerprint density at radius 3 is 2.52 bits per heavy atom. The topological polar surface area (TPSA) is 80.0 Å². The van der Waals surface area contributed by atoms with Gasteiger partial charge in [0.15, 0.2) is 30.4 Å². The van der Waals surface area contributed by atoms with E-state index in [2.05, 4.69) is 4.98 Å². The molecule has 1 aromatic heterocycles. The predicted molar refractivity (Wildman–Crippen MR) is 120 cm³/mol. The van der Waals surface area contributed by atoms with Crippen LogP contribution in [0.1, 0.15) is 38.7 Å². The fourth-order valence-corrected chi connectivity index (χ4v) is 3.16. The van der Waals surface area contributed by atoms with Gasteiger partial charge in [-0.05, 0) is 48.2 Å². The number of hydrogen-bond donors (Lipinski definition) is 0. The molecule has 0 fully saturated rings. The van der Waals surface area contributed by atoms with Crippen LogP contribution in [0.25, 0.3) is 11.3 Å². The molecule has 0 N–H and O–H groups in total. The number of methoxy groups -OCH3 is 1. The molecule has 0 saturated heterocycles. The second-order valence-electron chi connectivity index (χ2n) is 7.84. The van der Waals surface area contributed by atoms with Gasteiger partial charge >= 0.3 is 5.97 Å². The van der Waals surface area contributed by atoms with Gasteiger partial charge in [-0.15, -0.1) is 0 Å². The van der Waals surface area contributed by atoms with E-state index in [0.29, 0.717) is 41.6 Å². The summed E-state index contributed by atoms with van der Waals surface area (Å²) in [5, 5.41) is 0. The van der Waals surface area contributed by atoms with Gasteiger partial charge in [-0.2, -0.15) is 4.98 Å². The molecule has 0 saturated carbocycles. The smallest absolute Gasteiger partial charge is 0.320 e. The van der Waals surface area contributed by atoms with E-state index in [0.717, 1.165) is 0 Å². The normalized spacial score (nSPS) is 11.9. The summed E-state index contributed by atoms with van der Waals surface area (Å²) in [6.07, 6.45) is 1.69. The molecule has 1 heterocycles. The minimum absolute atomic E-state index is 0.0425. The second kappa shape index (κ2) is 11.5. The molecule has 0 radical (unpaired) electrons. The number of benzene rings is 2. The Balaban J connectivity index is 1.84. The SMILES string of the molecule is CCC(C(=O)Oc1ncoc1-c1ccc(OCOC)c(OCC(C)C)c1)c1ccc(F)cc1. The minimum Gasteiger partial charge on any atom is -0.489 e. The van der Waals surface area contributed by atoms with E-state index >= 15 is 0 Å². The average Bonchev–Trinajstić information content (AvgIpc) is 3.26. The van der Waals surface area contributed by atoms with Crippen LogP contribution in [0.4, 0.5) is 4.39 Å². The maximum Gasteiger partial charge on any atom is 0.320 e. The highest BCUT2D eigenvalue weighted by Crippen LogP contribution is 2.37. The molecule has 2 aromatic carbocycles. The van der Waals surface area contributed by atoms with Crippen LogP contribution in [-0.2, 0) is 9.53 Å². The third-order valence-corrected chi connectivity index (χ3v) is 4.81. The molecule has 0 spiro atoms. The zero-order valence-corrected chi connectivity index (χ0v) is 19.2. The van der Waals surface area contributed by atoms with Crippen LogP contribution < -0.4 is 14.2 Å². The number of carbonyl (C=O) groups excluding carboxylic acids is 1. The summed E-state index contributed by atoms with van der Waals surface area (Å²) in [6, 6.07) is 11.0. The number of ether oxygens (including phenoxy) is 4. The molecule has 3 aromatic rings. The highest BCUT2D eigenvalue weighted by Gasteiger charge is 2.25. The Kier molecular flexibility index (Phi) is 8.43. The van der Waals surface area contributed by atoms with Crippen molar-refractivity contribution in [3.05, 3.63) is 60.2 Å². The van der Waals surface area contributed by atoms with E-state index < -0.39 is 11.9 Å². The van der Waals surface area contributed by atoms with E-state index in [4.69, 9.17) is 23.4 Å². The number of esters is 1. The maximum atomic E-state index is 13.3. The highest BCUT2D eigenvalue weighted by molar-refractivity contribution is 5.81. The van der Waals surface area contributed by atoms with Crippen molar-refractivity contribution in [2.75, 3.05) is 20.5 Å². The summed E-state index contributed by atoms with van der Waals surface area (Å²) in [4.78, 5) is 16.9. The van der Waals surface area contributed by atoms with Gasteiger partial charge in [0.25, 0.3) is 5.88 Å². The molecular formula is C25H28FNO6. The maximum absolute atomic E-state index is 13.3. The van der Waals surface area contributed by atoms with Crippen LogP contribution in [-0.4, -0.2) is 31.5 Å². The molecule has 8 heteroatoms. The molecule has 0 aliphatic carbocycles. The Labute approximate surface area is 192 Å². The molecule has 0 amide bonds. The van der Waals surface area contributed by atoms with Crippen molar-refractivity contribution in [2.45, 2.75) is 33.1 Å². The van der Waals surface area contributed by atoms with Crippen molar-refractivity contribution in [3.8, 4) is 28.7 Å². The second-order valence-corrected chi connectivity index (χ2v) is 7.84. The van der Waals surface area contributed by atoms with E-state index in [-0.39, 0.29) is 24.3 Å². The number of oxazole rings is 1. The van der Waals surface area contributed by atoms with Gasteiger partial charge in [0, 0.05) is 12.7 Å². The van der Waals surface area contributed by atoms with Gasteiger partial charge < -0.3 is 23.4 Å². The lowest BCUT2D eigenvalue weighted by Gasteiger charge is -2.15. The number of hydrogen-bond acceptors (Lipinski definition) is 7. The zero-order chi connectivity index (χ0) is 23.8. The van der Waals surface area contributed by atoms with Crippen molar-refractivity contribution < 1.29 is 32.5 Å². The molecule has 0 aliphatic rings. The fraction of sp³-hybridized carbons (Fsp3) is 0.360. The van der Waals surface area contributed by atoms with Crippen LogP contribution >= 0.6 is 0 Å². The molecular weight excluding hydrogens is 429 g/mol. The van der Waals surface area contributed by atoms with E-state index in [1.54, 1.807) is 30.3 Å². The molecule has 33 heavy (non-hydrogen) atoms. The number of rotatable bonds is 11. The first-order valence-corrected chi connectivity index (χ1v) is 10.7. The van der Waals surface area contributed by atoms with Gasteiger partial charge in [0.05, 0.1) is 12.5 Å². The van der Waals surface area contributed by atoms with Crippen molar-refractivity contribution in [1.82, 2.24) is 4.98 Å². The van der Waals surface area contributed by atoms with Gasteiger partial charge in [0.1, 0.15) is 5.82 Å². The van der Waals surface area contributed by atoms with E-state index in [1.807, 2.05) is 20.8 Å². The quantitative estimate of drug-likeness (QED) is 0.274. The van der Waals surface area contributed by atoms with Crippen LogP contribution in [0.3, 0.4) is 0 Å². The average molecular weight is 457 g/mol. The van der Waals surface area contributed by atoms with Gasteiger partial charge in [0.2, 0.25) is 0 Å². The largest absolute Gasteiger partial charge is 0.489 e. The monoisotopic (exact) mass is 457 g/mol. The Morgan fingerprint density at radius 1 is 1.09 bits per heavy atom. The molecule has 3 rings (SSSR count). The molecule has 176 valence electrons. The molecule has 7 nitrogen and oxygen atoms in total. The van der Waals surface area contributed by atoms with Gasteiger partial charge in [-0.3, -0.25) is 4.79 Å². The van der Waals surface area contributed by atoms with Crippen molar-refractivity contribution >= 4 is 5.97 Å². The lowest BCUT2D eigenvalue weighted by Crippen LogP contribution is -2.18. The lowest BCUT2D eigenvalue weighted by molar-refractivity contribution is -0.136. The number of aromatic nitrogens is 1. The Bertz CT molecular complexity index is 1050. The zero-order valence-electron chi connectivity index (χ0n) is 19.2. The lowest BCUT2D eigenvalue weighted by atomic mass is 9.97. The van der Waals surface area contributed by atoms with Crippen LogP contribution in [0.2, 0.25) is 0 Å². The molecule has 1 unspecified atom stereocenters. The number of carbonyl (C=O) groups is 1. The summed E-state index contributed by atoms with van der Waals surface area (Å²) in [5.41, 5.74) is 1.27. The van der Waals surface area contributed by atoms with Crippen LogP contribution in [0.15, 0.2) is 53.3 Å². The first-order valence-electron chi connectivity index (χ1n) is 10.7. The Hall–Kier alpha value is -3.39.